The van der Waals surface area contributed by atoms with Crippen LogP contribution in [0.2, 0.25) is 0 Å². The molecule has 3 rings (SSSR count). The zero-order chi connectivity index (χ0) is 19.3. The molecule has 11 heteroatoms. The molecule has 26 heavy (non-hydrogen) atoms. The smallest absolute Gasteiger partial charge is 0.238 e. The molecule has 0 bridgehead atoms. The van der Waals surface area contributed by atoms with Gasteiger partial charge in [0.1, 0.15) is 5.69 Å². The van der Waals surface area contributed by atoms with Crippen LogP contribution < -0.4 is 19.9 Å². The molecule has 1 fully saturated rings. The van der Waals surface area contributed by atoms with Crippen LogP contribution >= 0.6 is 31.9 Å². The van der Waals surface area contributed by atoms with Crippen LogP contribution in [0.5, 0.6) is 11.8 Å². The molecule has 2 aromatic rings. The minimum absolute atomic E-state index is 0.267. The van der Waals surface area contributed by atoms with Crippen LogP contribution in [0.25, 0.3) is 0 Å². The molecule has 0 spiro atoms. The molecule has 0 amide bonds. The van der Waals surface area contributed by atoms with Gasteiger partial charge in [-0.15, -0.1) is 0 Å². The summed E-state index contributed by atoms with van der Waals surface area (Å²) in [6.07, 6.45) is 4.63. The number of nitrogens with zero attached hydrogens (tertiary/aromatic N) is 2. The van der Waals surface area contributed by atoms with Gasteiger partial charge in [0, 0.05) is 21.3 Å². The second kappa shape index (κ2) is 8.87. The molecular weight excluding hydrogens is 492 g/mol. The molecule has 0 saturated heterocycles. The fourth-order valence-electron chi connectivity index (χ4n) is 1.89. The van der Waals surface area contributed by atoms with Crippen LogP contribution in [0.15, 0.2) is 33.5 Å². The van der Waals surface area contributed by atoms with Gasteiger partial charge in [0.05, 0.1) is 25.2 Å². The number of aromatic nitrogens is 2. The molecule has 3 N–H and O–H groups in total. The highest BCUT2D eigenvalue weighted by Gasteiger charge is 2.36. The normalized spacial score (nSPS) is 13.4. The summed E-state index contributed by atoms with van der Waals surface area (Å²) >= 11 is 6.46. The van der Waals surface area contributed by atoms with E-state index in [4.69, 9.17) is 15.2 Å². The Hall–Kier alpha value is -1.59. The quantitative estimate of drug-likeness (QED) is 0.635. The number of nitrogens with one attached hydrogen (secondary N) is 1. The second-order valence-corrected chi connectivity index (χ2v) is 9.10. The van der Waals surface area contributed by atoms with E-state index in [0.29, 0.717) is 21.7 Å². The summed E-state index contributed by atoms with van der Waals surface area (Å²) in [5, 5.41) is -0.267. The Morgan fingerprint density at radius 3 is 2.12 bits per heavy atom. The molecule has 142 valence electrons. The molecule has 1 aliphatic carbocycles. The highest BCUT2D eigenvalue weighted by atomic mass is 79.9. The number of nitrogens with two attached hydrogens (primary N) is 1. The zero-order valence-electron chi connectivity index (χ0n) is 14.1. The summed E-state index contributed by atoms with van der Waals surface area (Å²) in [7, 11) is -0.296. The van der Waals surface area contributed by atoms with Crippen LogP contribution in [-0.4, -0.2) is 37.9 Å². The largest absolute Gasteiger partial charge is 0.480 e. The third-order valence-corrected chi connectivity index (χ3v) is 5.99. The lowest BCUT2D eigenvalue weighted by Gasteiger charge is -2.10. The summed E-state index contributed by atoms with van der Waals surface area (Å²) in [6.45, 7) is 0. The van der Waals surface area contributed by atoms with Crippen molar-refractivity contribution in [2.24, 2.45) is 0 Å². The maximum Gasteiger partial charge on any atom is 0.238 e. The number of pyridine rings is 2. The summed E-state index contributed by atoms with van der Waals surface area (Å²) in [6, 6.07) is 3.37. The summed E-state index contributed by atoms with van der Waals surface area (Å²) < 4.78 is 37.3. The van der Waals surface area contributed by atoms with E-state index >= 15 is 0 Å². The summed E-state index contributed by atoms with van der Waals surface area (Å²) in [5.41, 5.74) is 6.42. The van der Waals surface area contributed by atoms with E-state index in [-0.39, 0.29) is 11.1 Å². The van der Waals surface area contributed by atoms with Crippen molar-refractivity contribution in [3.8, 4) is 11.8 Å². The van der Waals surface area contributed by atoms with E-state index in [1.54, 1.807) is 24.5 Å². The molecule has 0 aromatic carbocycles. The van der Waals surface area contributed by atoms with E-state index < -0.39 is 10.0 Å². The lowest BCUT2D eigenvalue weighted by molar-refractivity contribution is 0.400. The molecule has 0 atom stereocenters. The van der Waals surface area contributed by atoms with Gasteiger partial charge in [0.2, 0.25) is 21.8 Å². The molecule has 1 aliphatic rings. The van der Waals surface area contributed by atoms with Crippen LogP contribution in [0, 0.1) is 0 Å². The van der Waals surface area contributed by atoms with Gasteiger partial charge >= 0.3 is 0 Å². The Morgan fingerprint density at radius 2 is 1.62 bits per heavy atom. The number of halogens is 2. The van der Waals surface area contributed by atoms with E-state index in [2.05, 4.69) is 46.5 Å². The maximum atomic E-state index is 11.7. The van der Waals surface area contributed by atoms with Crippen molar-refractivity contribution in [2.45, 2.75) is 18.1 Å². The fraction of sp³-hybridized carbons (Fsp3) is 0.333. The van der Waals surface area contributed by atoms with Crippen LogP contribution in [-0.2, 0) is 10.0 Å². The summed E-state index contributed by atoms with van der Waals surface area (Å²) in [4.78, 5) is 7.87. The molecule has 0 unspecified atom stereocenters. The first-order valence-electron chi connectivity index (χ1n) is 7.43. The van der Waals surface area contributed by atoms with Gasteiger partial charge < -0.3 is 15.2 Å². The monoisotopic (exact) mass is 508 g/mol. The molecule has 2 aromatic heterocycles. The van der Waals surface area contributed by atoms with Crippen molar-refractivity contribution >= 4 is 53.3 Å². The van der Waals surface area contributed by atoms with Gasteiger partial charge in [-0.1, -0.05) is 0 Å². The molecule has 2 heterocycles. The van der Waals surface area contributed by atoms with Gasteiger partial charge in [-0.25, -0.2) is 18.4 Å². The highest BCUT2D eigenvalue weighted by Crippen LogP contribution is 2.32. The number of anilines is 2. The van der Waals surface area contributed by atoms with Gasteiger partial charge in [0.25, 0.3) is 0 Å². The third-order valence-electron chi connectivity index (χ3n) is 3.27. The minimum Gasteiger partial charge on any atom is -0.480 e. The predicted octanol–water partition coefficient (Wildman–Crippen LogP) is 3.19. The highest BCUT2D eigenvalue weighted by molar-refractivity contribution is 9.10. The first kappa shape index (κ1) is 20.7. The Bertz CT molecular complexity index is 876. The topological polar surface area (TPSA) is 116 Å². The average Bonchev–Trinajstić information content (AvgIpc) is 3.41. The van der Waals surface area contributed by atoms with E-state index in [0.717, 1.165) is 17.3 Å². The first-order chi connectivity index (χ1) is 12.3. The van der Waals surface area contributed by atoms with Crippen molar-refractivity contribution in [2.75, 3.05) is 24.7 Å². The van der Waals surface area contributed by atoms with Crippen molar-refractivity contribution < 1.29 is 17.9 Å². The van der Waals surface area contributed by atoms with Crippen LogP contribution in [0.4, 0.5) is 11.4 Å². The lowest BCUT2D eigenvalue weighted by atomic mass is 10.4. The SMILES string of the molecule is COc1ncc(Br)cc1N.COc1ncc(Br)cc1NS(=O)(=O)C1CC1. The number of nitrogen functional groups attached to an aromatic ring is 1. The van der Waals surface area contributed by atoms with Gasteiger partial charge in [0.15, 0.2) is 0 Å². The van der Waals surface area contributed by atoms with Gasteiger partial charge in [-0.2, -0.15) is 0 Å². The number of sulfonamides is 1. The standard InChI is InChI=1S/C9H11BrN2O3S.C6H7BrN2O/c1-15-9-8(4-6(10)5-11-9)12-16(13,14)7-2-3-7;1-10-6-5(8)2-4(7)3-9-6/h4-5,7,12H,2-3H2,1H3;2-3H,8H2,1H3. The van der Waals surface area contributed by atoms with E-state index in [1.807, 2.05) is 0 Å². The first-order valence-corrected chi connectivity index (χ1v) is 10.6. The van der Waals surface area contributed by atoms with Crippen molar-refractivity contribution in [3.63, 3.8) is 0 Å². The van der Waals surface area contributed by atoms with Gasteiger partial charge in [-0.3, -0.25) is 4.72 Å². The maximum absolute atomic E-state index is 11.7. The Morgan fingerprint density at radius 1 is 1.08 bits per heavy atom. The summed E-state index contributed by atoms with van der Waals surface area (Å²) in [5.74, 6) is 0.732. The third kappa shape index (κ3) is 5.71. The Labute approximate surface area is 168 Å². The number of rotatable bonds is 5. The van der Waals surface area contributed by atoms with Crippen LogP contribution in [0.1, 0.15) is 12.8 Å². The van der Waals surface area contributed by atoms with Crippen molar-refractivity contribution in [3.05, 3.63) is 33.5 Å². The zero-order valence-corrected chi connectivity index (χ0v) is 18.1. The predicted molar refractivity (Wildman–Crippen MR) is 107 cm³/mol. The number of methoxy groups -OCH3 is 2. The van der Waals surface area contributed by atoms with Crippen molar-refractivity contribution in [1.82, 2.24) is 9.97 Å². The number of hydrogen-bond donors (Lipinski definition) is 2. The fourth-order valence-corrected chi connectivity index (χ4v) is 3.95. The Kier molecular flexibility index (Phi) is 7.07. The molecule has 8 nitrogen and oxygen atoms in total. The van der Waals surface area contributed by atoms with Gasteiger partial charge in [-0.05, 0) is 56.8 Å². The molecule has 0 aliphatic heterocycles. The van der Waals surface area contributed by atoms with Crippen molar-refractivity contribution in [1.29, 1.82) is 0 Å². The second-order valence-electron chi connectivity index (χ2n) is 5.31. The molecule has 0 radical (unpaired) electrons. The number of ether oxygens (including phenoxy) is 2. The number of hydrogen-bond acceptors (Lipinski definition) is 7. The Balaban J connectivity index is 0.000000209. The molecular formula is C15H18Br2N4O4S. The minimum atomic E-state index is -3.28. The van der Waals surface area contributed by atoms with E-state index in [9.17, 15) is 8.42 Å². The average molecular weight is 510 g/mol. The molecule has 1 saturated carbocycles. The lowest BCUT2D eigenvalue weighted by Crippen LogP contribution is -2.18. The van der Waals surface area contributed by atoms with Crippen LogP contribution in [0.3, 0.4) is 0 Å². The van der Waals surface area contributed by atoms with E-state index in [1.165, 1.54) is 14.2 Å².